The second-order valence-corrected chi connectivity index (χ2v) is 8.70. The number of carbonyl (C=O) groups is 1. The van der Waals surface area contributed by atoms with Gasteiger partial charge in [-0.25, -0.2) is 4.39 Å². The van der Waals surface area contributed by atoms with Crippen LogP contribution in [0.5, 0.6) is 5.75 Å². The highest BCUT2D eigenvalue weighted by Crippen LogP contribution is 2.42. The van der Waals surface area contributed by atoms with Crippen LogP contribution in [0.2, 0.25) is 5.02 Å². The summed E-state index contributed by atoms with van der Waals surface area (Å²) >= 11 is 7.92. The molecule has 2 aromatic heterocycles. The predicted octanol–water partition coefficient (Wildman–Crippen LogP) is 4.25. The Morgan fingerprint density at radius 3 is 2.93 bits per heavy atom. The van der Waals surface area contributed by atoms with Crippen molar-refractivity contribution in [1.29, 1.82) is 0 Å². The van der Waals surface area contributed by atoms with E-state index in [0.717, 1.165) is 31.8 Å². The Labute approximate surface area is 177 Å². The van der Waals surface area contributed by atoms with Crippen molar-refractivity contribution in [2.75, 3.05) is 13.1 Å². The summed E-state index contributed by atoms with van der Waals surface area (Å²) in [4.78, 5) is 16.7. The van der Waals surface area contributed by atoms with Gasteiger partial charge in [0.2, 0.25) is 5.91 Å². The number of hydrogen-bond donors (Lipinski definition) is 2. The van der Waals surface area contributed by atoms with Crippen LogP contribution in [0.15, 0.2) is 30.5 Å². The molecule has 4 rings (SSSR count). The topological polar surface area (TPSA) is 63.2 Å². The zero-order chi connectivity index (χ0) is 20.5. The van der Waals surface area contributed by atoms with Gasteiger partial charge in [0.1, 0.15) is 11.9 Å². The molecule has 29 heavy (non-hydrogen) atoms. The molecule has 5 nitrogen and oxygen atoms in total. The van der Waals surface area contributed by atoms with E-state index in [-0.39, 0.29) is 5.91 Å². The average Bonchev–Trinajstić information content (AvgIpc) is 3.27. The normalized spacial score (nSPS) is 18.9. The smallest absolute Gasteiger partial charge is 0.217 e. The molecule has 2 atom stereocenters. The number of nitrogens with one attached hydrogen (secondary N) is 2. The molecule has 3 heterocycles. The monoisotopic (exact) mass is 433 g/mol. The van der Waals surface area contributed by atoms with Gasteiger partial charge in [0.15, 0.2) is 6.17 Å². The number of thiophene rings is 1. The molecule has 1 fully saturated rings. The molecule has 0 radical (unpaired) electrons. The quantitative estimate of drug-likeness (QED) is 0.631. The Balaban J connectivity index is 1.79. The van der Waals surface area contributed by atoms with Crippen LogP contribution in [0, 0.1) is 6.92 Å². The van der Waals surface area contributed by atoms with Gasteiger partial charge in [-0.05, 0) is 36.8 Å². The van der Waals surface area contributed by atoms with Gasteiger partial charge in [-0.15, -0.1) is 11.3 Å². The van der Waals surface area contributed by atoms with Gasteiger partial charge in [0.25, 0.3) is 0 Å². The highest BCUT2D eigenvalue weighted by atomic mass is 35.5. The summed E-state index contributed by atoms with van der Waals surface area (Å²) in [6.45, 7) is 4.61. The summed E-state index contributed by atoms with van der Waals surface area (Å²) in [6.07, 6.45) is 0.146. The second kappa shape index (κ2) is 8.26. The standard InChI is InChI=1S/C21H21ClFN3O2S/c1-11-5-13(22)6-16(20(11)28-19-10-24-9-17(19)23)15-3-4-25-18-7-14(29-21(15)18)8-26-12(2)27/h3-7,17,19,24H,8-10H2,1-2H3,(H,26,27)/t17-,19+/m0/s1. The third kappa shape index (κ3) is 4.22. The Morgan fingerprint density at radius 1 is 1.38 bits per heavy atom. The number of alkyl halides is 1. The van der Waals surface area contributed by atoms with Crippen LogP contribution < -0.4 is 15.4 Å². The number of halogens is 2. The summed E-state index contributed by atoms with van der Waals surface area (Å²) in [5.74, 6) is 0.554. The van der Waals surface area contributed by atoms with Crippen molar-refractivity contribution < 1.29 is 13.9 Å². The third-order valence-corrected chi connectivity index (χ3v) is 6.24. The minimum absolute atomic E-state index is 0.0808. The van der Waals surface area contributed by atoms with E-state index in [0.29, 0.717) is 30.4 Å². The van der Waals surface area contributed by atoms with Crippen LogP contribution >= 0.6 is 22.9 Å². The van der Waals surface area contributed by atoms with E-state index in [9.17, 15) is 9.18 Å². The average molecular weight is 434 g/mol. The van der Waals surface area contributed by atoms with Gasteiger partial charge >= 0.3 is 0 Å². The molecular weight excluding hydrogens is 413 g/mol. The van der Waals surface area contributed by atoms with E-state index in [1.807, 2.05) is 31.2 Å². The Kier molecular flexibility index (Phi) is 5.72. The van der Waals surface area contributed by atoms with Gasteiger partial charge in [-0.3, -0.25) is 9.78 Å². The fourth-order valence-corrected chi connectivity index (χ4v) is 4.83. The van der Waals surface area contributed by atoms with Gasteiger partial charge in [-0.1, -0.05) is 11.6 Å². The number of carbonyl (C=O) groups excluding carboxylic acids is 1. The first kappa shape index (κ1) is 20.1. The first-order valence-corrected chi connectivity index (χ1v) is 10.6. The molecule has 1 aliphatic rings. The fraction of sp³-hybridized carbons (Fsp3) is 0.333. The van der Waals surface area contributed by atoms with Gasteiger partial charge < -0.3 is 15.4 Å². The Bertz CT molecular complexity index is 1070. The maximum Gasteiger partial charge on any atom is 0.217 e. The number of benzene rings is 1. The van der Waals surface area contributed by atoms with E-state index >= 15 is 0 Å². The molecule has 3 aromatic rings. The molecule has 1 saturated heterocycles. The number of nitrogens with zero attached hydrogens (tertiary/aromatic N) is 1. The Hall–Kier alpha value is -2.22. The molecule has 0 saturated carbocycles. The van der Waals surface area contributed by atoms with Crippen molar-refractivity contribution in [3.8, 4) is 16.9 Å². The maximum absolute atomic E-state index is 14.2. The summed E-state index contributed by atoms with van der Waals surface area (Å²) in [7, 11) is 0. The molecule has 0 spiro atoms. The van der Waals surface area contributed by atoms with Crippen LogP contribution in [-0.4, -0.2) is 36.3 Å². The lowest BCUT2D eigenvalue weighted by Gasteiger charge is -2.20. The number of pyridine rings is 1. The molecular formula is C21H21ClFN3O2S. The van der Waals surface area contributed by atoms with E-state index in [4.69, 9.17) is 16.3 Å². The SMILES string of the molecule is CC(=O)NCc1cc2nccc(-c3cc(Cl)cc(C)c3O[C@@H]3CNC[C@@H]3F)c2s1. The third-order valence-electron chi connectivity index (χ3n) is 4.86. The highest BCUT2D eigenvalue weighted by molar-refractivity contribution is 7.19. The lowest BCUT2D eigenvalue weighted by Crippen LogP contribution is -2.27. The van der Waals surface area contributed by atoms with Crippen molar-refractivity contribution in [2.24, 2.45) is 0 Å². The lowest BCUT2D eigenvalue weighted by molar-refractivity contribution is -0.119. The largest absolute Gasteiger partial charge is 0.485 e. The van der Waals surface area contributed by atoms with Crippen molar-refractivity contribution in [1.82, 2.24) is 15.6 Å². The van der Waals surface area contributed by atoms with Crippen LogP contribution in [0.1, 0.15) is 17.4 Å². The first-order chi connectivity index (χ1) is 13.9. The zero-order valence-electron chi connectivity index (χ0n) is 16.1. The van der Waals surface area contributed by atoms with E-state index in [1.165, 1.54) is 6.92 Å². The summed E-state index contributed by atoms with van der Waals surface area (Å²) in [6, 6.07) is 7.56. The summed E-state index contributed by atoms with van der Waals surface area (Å²) in [5, 5.41) is 6.42. The molecule has 0 bridgehead atoms. The van der Waals surface area contributed by atoms with E-state index in [1.54, 1.807) is 17.5 Å². The molecule has 0 unspecified atom stereocenters. The number of aromatic nitrogens is 1. The number of fused-ring (bicyclic) bond motifs is 1. The van der Waals surface area contributed by atoms with Crippen molar-refractivity contribution in [2.45, 2.75) is 32.7 Å². The van der Waals surface area contributed by atoms with Crippen LogP contribution in [0.3, 0.4) is 0 Å². The van der Waals surface area contributed by atoms with Crippen molar-refractivity contribution >= 4 is 39.1 Å². The van der Waals surface area contributed by atoms with Gasteiger partial charge in [-0.2, -0.15) is 0 Å². The maximum atomic E-state index is 14.2. The number of aryl methyl sites for hydroxylation is 1. The van der Waals surface area contributed by atoms with Gasteiger partial charge in [0, 0.05) is 47.2 Å². The lowest BCUT2D eigenvalue weighted by atomic mass is 10.0. The first-order valence-electron chi connectivity index (χ1n) is 9.36. The summed E-state index contributed by atoms with van der Waals surface area (Å²) < 4.78 is 21.3. The van der Waals surface area contributed by atoms with Gasteiger partial charge in [0.05, 0.1) is 16.8 Å². The van der Waals surface area contributed by atoms with Crippen molar-refractivity contribution in [3.63, 3.8) is 0 Å². The number of rotatable bonds is 5. The van der Waals surface area contributed by atoms with E-state index < -0.39 is 12.3 Å². The van der Waals surface area contributed by atoms with Crippen LogP contribution in [-0.2, 0) is 11.3 Å². The molecule has 1 aromatic carbocycles. The minimum Gasteiger partial charge on any atom is -0.485 e. The summed E-state index contributed by atoms with van der Waals surface area (Å²) in [5.41, 5.74) is 3.43. The molecule has 152 valence electrons. The van der Waals surface area contributed by atoms with E-state index in [2.05, 4.69) is 15.6 Å². The highest BCUT2D eigenvalue weighted by Gasteiger charge is 2.30. The van der Waals surface area contributed by atoms with Crippen LogP contribution in [0.4, 0.5) is 4.39 Å². The zero-order valence-corrected chi connectivity index (χ0v) is 17.7. The molecule has 2 N–H and O–H groups in total. The second-order valence-electron chi connectivity index (χ2n) is 7.13. The number of amides is 1. The number of hydrogen-bond acceptors (Lipinski definition) is 5. The molecule has 0 aliphatic carbocycles. The Morgan fingerprint density at radius 2 is 2.21 bits per heavy atom. The fourth-order valence-electron chi connectivity index (χ4n) is 3.47. The minimum atomic E-state index is -1.05. The molecule has 1 aliphatic heterocycles. The van der Waals surface area contributed by atoms with Crippen molar-refractivity contribution in [3.05, 3.63) is 45.9 Å². The molecule has 1 amide bonds. The molecule has 8 heteroatoms. The predicted molar refractivity (Wildman–Crippen MR) is 115 cm³/mol. The number of ether oxygens (including phenoxy) is 1. The van der Waals surface area contributed by atoms with Crippen LogP contribution in [0.25, 0.3) is 21.3 Å².